The molecule has 0 saturated heterocycles. The summed E-state index contributed by atoms with van der Waals surface area (Å²) in [5.74, 6) is -0.117. The smallest absolute Gasteiger partial charge is 0.165 e. The topological polar surface area (TPSA) is 33.6 Å². The van der Waals surface area contributed by atoms with Gasteiger partial charge in [0.1, 0.15) is 0 Å². The van der Waals surface area contributed by atoms with E-state index in [2.05, 4.69) is 17.1 Å². The van der Waals surface area contributed by atoms with Crippen molar-refractivity contribution in [3.8, 4) is 5.75 Å². The van der Waals surface area contributed by atoms with Crippen molar-refractivity contribution in [2.24, 2.45) is 5.10 Å². The van der Waals surface area contributed by atoms with Gasteiger partial charge in [0.15, 0.2) is 11.6 Å². The minimum Gasteiger partial charge on any atom is -0.494 e. The molecule has 1 N–H and O–H groups in total. The fourth-order valence-corrected chi connectivity index (χ4v) is 2.40. The number of nitrogens with one attached hydrogen (secondary N) is 1. The lowest BCUT2D eigenvalue weighted by molar-refractivity contribution is 0.386. The molecule has 0 bridgehead atoms. The predicted molar refractivity (Wildman–Crippen MR) is 81.8 cm³/mol. The molecule has 21 heavy (non-hydrogen) atoms. The number of methoxy groups -OCH3 is 1. The van der Waals surface area contributed by atoms with E-state index in [9.17, 15) is 4.39 Å². The Morgan fingerprint density at radius 1 is 1.19 bits per heavy atom. The minimum atomic E-state index is -0.362. The van der Waals surface area contributed by atoms with E-state index >= 15 is 0 Å². The first-order chi connectivity index (χ1) is 10.2. The maximum atomic E-state index is 13.5. The number of nitrogens with zero attached hydrogens (tertiary/aromatic N) is 1. The van der Waals surface area contributed by atoms with Gasteiger partial charge in [0, 0.05) is 17.5 Å². The maximum absolute atomic E-state index is 13.5. The van der Waals surface area contributed by atoms with Crippen LogP contribution in [-0.2, 0) is 6.42 Å². The van der Waals surface area contributed by atoms with Crippen LogP contribution >= 0.6 is 0 Å². The number of fused-ring (bicyclic) bond motifs is 1. The second-order valence-corrected chi connectivity index (χ2v) is 4.84. The molecule has 0 saturated carbocycles. The van der Waals surface area contributed by atoms with Gasteiger partial charge in [-0.15, -0.1) is 0 Å². The van der Waals surface area contributed by atoms with Gasteiger partial charge in [0.2, 0.25) is 0 Å². The zero-order valence-corrected chi connectivity index (χ0v) is 11.7. The van der Waals surface area contributed by atoms with Crippen molar-refractivity contribution in [3.63, 3.8) is 0 Å². The zero-order valence-electron chi connectivity index (χ0n) is 11.7. The van der Waals surface area contributed by atoms with Crippen LogP contribution in [-0.4, -0.2) is 12.8 Å². The molecule has 3 rings (SSSR count). The van der Waals surface area contributed by atoms with E-state index in [4.69, 9.17) is 4.74 Å². The Morgan fingerprint density at radius 2 is 1.95 bits per heavy atom. The maximum Gasteiger partial charge on any atom is 0.165 e. The number of rotatable bonds is 3. The van der Waals surface area contributed by atoms with Crippen LogP contribution in [0.5, 0.6) is 5.75 Å². The van der Waals surface area contributed by atoms with Gasteiger partial charge < -0.3 is 4.74 Å². The number of hydrazone groups is 1. The van der Waals surface area contributed by atoms with E-state index in [-0.39, 0.29) is 11.6 Å². The number of hydrogen-bond acceptors (Lipinski definition) is 3. The molecule has 0 unspecified atom stereocenters. The third-order valence-electron chi connectivity index (χ3n) is 3.48. The van der Waals surface area contributed by atoms with E-state index in [0.717, 1.165) is 28.1 Å². The number of halogens is 1. The highest BCUT2D eigenvalue weighted by molar-refractivity contribution is 6.06. The fourth-order valence-electron chi connectivity index (χ4n) is 2.40. The van der Waals surface area contributed by atoms with E-state index in [1.165, 1.54) is 13.2 Å². The van der Waals surface area contributed by atoms with E-state index in [0.29, 0.717) is 6.42 Å². The highest BCUT2D eigenvalue weighted by atomic mass is 19.1. The van der Waals surface area contributed by atoms with Crippen LogP contribution in [0.4, 0.5) is 4.39 Å². The van der Waals surface area contributed by atoms with Crippen molar-refractivity contribution in [2.75, 3.05) is 7.11 Å². The van der Waals surface area contributed by atoms with E-state index in [1.54, 1.807) is 12.1 Å². The Kier molecular flexibility index (Phi) is 3.44. The summed E-state index contributed by atoms with van der Waals surface area (Å²) >= 11 is 0. The Bertz CT molecular complexity index is 737. The molecule has 0 spiro atoms. The fraction of sp³-hybridized carbons (Fsp3) is 0.118. The lowest BCUT2D eigenvalue weighted by Gasteiger charge is -2.19. The Balaban J connectivity index is 1.94. The normalized spacial score (nSPS) is 13.2. The average Bonchev–Trinajstić information content (AvgIpc) is 2.52. The van der Waals surface area contributed by atoms with Crippen molar-refractivity contribution in [1.82, 2.24) is 5.43 Å². The van der Waals surface area contributed by atoms with E-state index in [1.807, 2.05) is 24.3 Å². The Labute approximate surface area is 122 Å². The van der Waals surface area contributed by atoms with Crippen LogP contribution in [0.25, 0.3) is 5.70 Å². The lowest BCUT2D eigenvalue weighted by atomic mass is 9.95. The highest BCUT2D eigenvalue weighted by Crippen LogP contribution is 2.24. The van der Waals surface area contributed by atoms with Crippen LogP contribution in [0.3, 0.4) is 0 Å². The van der Waals surface area contributed by atoms with E-state index < -0.39 is 0 Å². The van der Waals surface area contributed by atoms with Crippen LogP contribution < -0.4 is 10.2 Å². The SMILES string of the molecule is C=C1NN=C(Cc2ccc(F)c(OC)c2)c2ccccc21. The molecule has 3 nitrogen and oxygen atoms in total. The molecule has 0 aromatic heterocycles. The summed E-state index contributed by atoms with van der Waals surface area (Å²) in [5.41, 5.74) is 7.64. The molecule has 2 aromatic carbocycles. The van der Waals surface area contributed by atoms with Gasteiger partial charge in [-0.05, 0) is 17.7 Å². The van der Waals surface area contributed by atoms with Gasteiger partial charge in [-0.3, -0.25) is 5.43 Å². The minimum absolute atomic E-state index is 0.245. The molecular weight excluding hydrogens is 267 g/mol. The molecule has 0 atom stereocenters. The summed E-state index contributed by atoms with van der Waals surface area (Å²) in [4.78, 5) is 0. The quantitative estimate of drug-likeness (QED) is 0.936. The average molecular weight is 282 g/mol. The van der Waals surface area contributed by atoms with Gasteiger partial charge in [-0.2, -0.15) is 5.10 Å². The lowest BCUT2D eigenvalue weighted by Crippen LogP contribution is -2.20. The first-order valence-electron chi connectivity index (χ1n) is 6.62. The van der Waals surface area contributed by atoms with Crippen molar-refractivity contribution < 1.29 is 9.13 Å². The van der Waals surface area contributed by atoms with Gasteiger partial charge in [-0.1, -0.05) is 36.9 Å². The predicted octanol–water partition coefficient (Wildman–Crippen LogP) is 3.36. The van der Waals surface area contributed by atoms with Crippen molar-refractivity contribution in [1.29, 1.82) is 0 Å². The molecule has 4 heteroatoms. The zero-order chi connectivity index (χ0) is 14.8. The number of benzene rings is 2. The largest absolute Gasteiger partial charge is 0.494 e. The summed E-state index contributed by atoms with van der Waals surface area (Å²) in [6.07, 6.45) is 0.591. The number of hydrogen-bond donors (Lipinski definition) is 1. The molecule has 0 aliphatic carbocycles. The van der Waals surface area contributed by atoms with Crippen molar-refractivity contribution >= 4 is 11.4 Å². The van der Waals surface area contributed by atoms with Crippen LogP contribution in [0.15, 0.2) is 54.1 Å². The van der Waals surface area contributed by atoms with Gasteiger partial charge in [0.25, 0.3) is 0 Å². The third-order valence-corrected chi connectivity index (χ3v) is 3.48. The van der Waals surface area contributed by atoms with Crippen molar-refractivity contribution in [2.45, 2.75) is 6.42 Å². The molecule has 0 amide bonds. The summed E-state index contributed by atoms with van der Waals surface area (Å²) in [5, 5.41) is 4.36. The molecule has 1 aliphatic heterocycles. The summed E-state index contributed by atoms with van der Waals surface area (Å²) in [6.45, 7) is 3.95. The van der Waals surface area contributed by atoms with Crippen LogP contribution in [0, 0.1) is 5.82 Å². The first-order valence-corrected chi connectivity index (χ1v) is 6.62. The molecule has 1 aliphatic rings. The molecule has 1 heterocycles. The van der Waals surface area contributed by atoms with Gasteiger partial charge >= 0.3 is 0 Å². The molecule has 0 radical (unpaired) electrons. The Morgan fingerprint density at radius 3 is 2.71 bits per heavy atom. The summed E-state index contributed by atoms with van der Waals surface area (Å²) in [7, 11) is 1.46. The molecule has 2 aromatic rings. The molecule has 106 valence electrons. The van der Waals surface area contributed by atoms with Crippen LogP contribution in [0.2, 0.25) is 0 Å². The van der Waals surface area contributed by atoms with Crippen molar-refractivity contribution in [3.05, 3.63) is 71.6 Å². The van der Waals surface area contributed by atoms with Gasteiger partial charge in [0.05, 0.1) is 18.5 Å². The molecular formula is C17H15FN2O. The third kappa shape index (κ3) is 2.52. The number of ether oxygens (including phenoxy) is 1. The van der Waals surface area contributed by atoms with Gasteiger partial charge in [-0.25, -0.2) is 4.39 Å². The Hall–Kier alpha value is -2.62. The summed E-state index contributed by atoms with van der Waals surface area (Å²) in [6, 6.07) is 12.8. The molecule has 0 fully saturated rings. The second kappa shape index (κ2) is 5.40. The highest BCUT2D eigenvalue weighted by Gasteiger charge is 2.17. The van der Waals surface area contributed by atoms with Crippen LogP contribution in [0.1, 0.15) is 16.7 Å². The first kappa shape index (κ1) is 13.4. The standard InChI is InChI=1S/C17H15FN2O/c1-11-13-5-3-4-6-14(13)16(20-19-11)9-12-7-8-15(18)17(10-12)21-2/h3-8,10,19H,1,9H2,2H3. The monoisotopic (exact) mass is 282 g/mol. The summed E-state index contributed by atoms with van der Waals surface area (Å²) < 4.78 is 18.5. The second-order valence-electron chi connectivity index (χ2n) is 4.84.